The molecular formula is C10H10BrN3O. The minimum Gasteiger partial charge on any atom is -0.467 e. The third-order valence-corrected chi connectivity index (χ3v) is 2.52. The number of methoxy groups -OCH3 is 1. The fraction of sp³-hybridized carbons (Fsp3) is 0.200. The second kappa shape index (κ2) is 4.44. The molecule has 2 aromatic rings. The van der Waals surface area contributed by atoms with E-state index in [-0.39, 0.29) is 0 Å². The zero-order valence-corrected chi connectivity index (χ0v) is 9.81. The lowest BCUT2D eigenvalue weighted by molar-refractivity contribution is 0.371. The molecule has 0 bridgehead atoms. The Morgan fingerprint density at radius 3 is 2.60 bits per heavy atom. The van der Waals surface area contributed by atoms with E-state index in [1.54, 1.807) is 7.11 Å². The van der Waals surface area contributed by atoms with E-state index in [1.165, 1.54) is 0 Å². The molecule has 1 aromatic heterocycles. The summed E-state index contributed by atoms with van der Waals surface area (Å²) in [5, 5.41) is 8.60. The largest absolute Gasteiger partial charge is 0.467 e. The lowest BCUT2D eigenvalue weighted by Crippen LogP contribution is -2.01. The van der Waals surface area contributed by atoms with Gasteiger partial charge >= 0.3 is 6.01 Å². The van der Waals surface area contributed by atoms with Crippen LogP contribution in [0.25, 0.3) is 5.69 Å². The van der Waals surface area contributed by atoms with Crippen molar-refractivity contribution in [2.75, 3.05) is 7.11 Å². The van der Waals surface area contributed by atoms with Gasteiger partial charge in [-0.25, -0.2) is 4.57 Å². The summed E-state index contributed by atoms with van der Waals surface area (Å²) in [5.41, 5.74) is 0.994. The molecule has 0 radical (unpaired) electrons. The number of ether oxygens (including phenoxy) is 1. The monoisotopic (exact) mass is 267 g/mol. The zero-order chi connectivity index (χ0) is 10.7. The van der Waals surface area contributed by atoms with Gasteiger partial charge in [0, 0.05) is 0 Å². The van der Waals surface area contributed by atoms with Crippen molar-refractivity contribution in [3.05, 3.63) is 36.2 Å². The van der Waals surface area contributed by atoms with Gasteiger partial charge in [-0.3, -0.25) is 0 Å². The van der Waals surface area contributed by atoms with Gasteiger partial charge in [-0.1, -0.05) is 39.2 Å². The zero-order valence-electron chi connectivity index (χ0n) is 8.22. The lowest BCUT2D eigenvalue weighted by Gasteiger charge is -2.07. The average Bonchev–Trinajstić information content (AvgIpc) is 2.72. The number of hydrogen-bond acceptors (Lipinski definition) is 3. The van der Waals surface area contributed by atoms with Crippen LogP contribution in [0.1, 0.15) is 5.82 Å². The van der Waals surface area contributed by atoms with Crippen molar-refractivity contribution in [1.82, 2.24) is 14.8 Å². The Balaban J connectivity index is 2.55. The van der Waals surface area contributed by atoms with Crippen LogP contribution < -0.4 is 4.74 Å². The first-order valence-electron chi connectivity index (χ1n) is 4.46. The quantitative estimate of drug-likeness (QED) is 0.801. The number of rotatable bonds is 3. The van der Waals surface area contributed by atoms with E-state index in [0.717, 1.165) is 11.5 Å². The van der Waals surface area contributed by atoms with Crippen LogP contribution >= 0.6 is 15.9 Å². The molecule has 1 aromatic carbocycles. The maximum absolute atomic E-state index is 5.15. The van der Waals surface area contributed by atoms with Gasteiger partial charge in [0.2, 0.25) is 0 Å². The van der Waals surface area contributed by atoms with E-state index < -0.39 is 0 Å². The normalized spacial score (nSPS) is 10.3. The van der Waals surface area contributed by atoms with Crippen molar-refractivity contribution < 1.29 is 4.74 Å². The number of halogens is 1. The van der Waals surface area contributed by atoms with Gasteiger partial charge in [0.15, 0.2) is 5.82 Å². The first kappa shape index (κ1) is 10.2. The summed E-state index contributed by atoms with van der Waals surface area (Å²) in [6, 6.07) is 10.4. The highest BCUT2D eigenvalue weighted by atomic mass is 79.9. The van der Waals surface area contributed by atoms with Crippen LogP contribution in [0.5, 0.6) is 6.01 Å². The van der Waals surface area contributed by atoms with Gasteiger partial charge in [-0.15, -0.1) is 5.10 Å². The summed E-state index contributed by atoms with van der Waals surface area (Å²) >= 11 is 3.37. The summed E-state index contributed by atoms with van der Waals surface area (Å²) in [4.78, 5) is 0. The van der Waals surface area contributed by atoms with Gasteiger partial charge < -0.3 is 4.74 Å². The summed E-state index contributed by atoms with van der Waals surface area (Å²) in [7, 11) is 1.58. The Kier molecular flexibility index (Phi) is 3.01. The van der Waals surface area contributed by atoms with Gasteiger partial charge in [0.1, 0.15) is 0 Å². The number of para-hydroxylation sites is 1. The number of benzene rings is 1. The van der Waals surface area contributed by atoms with Crippen LogP contribution in [0.4, 0.5) is 0 Å². The summed E-state index contributed by atoms with van der Waals surface area (Å²) < 4.78 is 7.02. The molecule has 0 amide bonds. The average molecular weight is 268 g/mol. The molecule has 4 nitrogen and oxygen atoms in total. The number of nitrogens with zero attached hydrogens (tertiary/aromatic N) is 3. The number of alkyl halides is 1. The second-order valence-electron chi connectivity index (χ2n) is 2.91. The van der Waals surface area contributed by atoms with Crippen molar-refractivity contribution in [3.8, 4) is 11.7 Å². The highest BCUT2D eigenvalue weighted by molar-refractivity contribution is 9.08. The molecule has 0 aliphatic carbocycles. The molecule has 2 rings (SSSR count). The standard InChI is InChI=1S/C10H10BrN3O/c1-15-10-13-12-9(7-11)14(10)8-5-3-2-4-6-8/h2-6H,7H2,1H3. The fourth-order valence-corrected chi connectivity index (χ4v) is 1.72. The van der Waals surface area contributed by atoms with Crippen LogP contribution in [-0.2, 0) is 5.33 Å². The maximum Gasteiger partial charge on any atom is 0.321 e. The predicted molar refractivity (Wildman–Crippen MR) is 60.5 cm³/mol. The topological polar surface area (TPSA) is 39.9 Å². The van der Waals surface area contributed by atoms with Crippen molar-refractivity contribution in [2.24, 2.45) is 0 Å². The van der Waals surface area contributed by atoms with E-state index in [0.29, 0.717) is 11.3 Å². The second-order valence-corrected chi connectivity index (χ2v) is 3.47. The molecule has 0 saturated carbocycles. The summed E-state index contributed by atoms with van der Waals surface area (Å²) in [6.45, 7) is 0. The van der Waals surface area contributed by atoms with Crippen LogP contribution in [-0.4, -0.2) is 21.9 Å². The molecule has 0 unspecified atom stereocenters. The van der Waals surface area contributed by atoms with Gasteiger partial charge in [0.05, 0.1) is 18.1 Å². The molecule has 0 atom stereocenters. The molecule has 0 aliphatic heterocycles. The Bertz CT molecular complexity index is 420. The van der Waals surface area contributed by atoms with E-state index in [2.05, 4.69) is 26.1 Å². The number of hydrogen-bond donors (Lipinski definition) is 0. The molecule has 5 heteroatoms. The fourth-order valence-electron chi connectivity index (χ4n) is 1.36. The summed E-state index contributed by atoms with van der Waals surface area (Å²) in [5.74, 6) is 0.818. The van der Waals surface area contributed by atoms with Crippen LogP contribution in [0.15, 0.2) is 30.3 Å². The van der Waals surface area contributed by atoms with E-state index >= 15 is 0 Å². The van der Waals surface area contributed by atoms with E-state index in [9.17, 15) is 0 Å². The molecular weight excluding hydrogens is 258 g/mol. The van der Waals surface area contributed by atoms with E-state index in [1.807, 2.05) is 34.9 Å². The first-order chi connectivity index (χ1) is 7.36. The highest BCUT2D eigenvalue weighted by Crippen LogP contribution is 2.19. The molecule has 15 heavy (non-hydrogen) atoms. The minimum absolute atomic E-state index is 0.496. The lowest BCUT2D eigenvalue weighted by atomic mass is 10.3. The third-order valence-electron chi connectivity index (χ3n) is 2.02. The Morgan fingerprint density at radius 2 is 2.00 bits per heavy atom. The minimum atomic E-state index is 0.496. The van der Waals surface area contributed by atoms with Crippen LogP contribution in [0, 0.1) is 0 Å². The van der Waals surface area contributed by atoms with Crippen LogP contribution in [0.3, 0.4) is 0 Å². The SMILES string of the molecule is COc1nnc(CBr)n1-c1ccccc1. The predicted octanol–water partition coefficient (Wildman–Crippen LogP) is 2.17. The molecule has 1 heterocycles. The maximum atomic E-state index is 5.15. The van der Waals surface area contributed by atoms with Gasteiger partial charge in [-0.2, -0.15) is 0 Å². The smallest absolute Gasteiger partial charge is 0.321 e. The highest BCUT2D eigenvalue weighted by Gasteiger charge is 2.12. The van der Waals surface area contributed by atoms with Gasteiger partial charge in [0.25, 0.3) is 0 Å². The molecule has 0 fully saturated rings. The molecule has 78 valence electrons. The van der Waals surface area contributed by atoms with Crippen molar-refractivity contribution in [3.63, 3.8) is 0 Å². The van der Waals surface area contributed by atoms with Crippen LogP contribution in [0.2, 0.25) is 0 Å². The van der Waals surface area contributed by atoms with E-state index in [4.69, 9.17) is 4.74 Å². The Hall–Kier alpha value is -1.36. The summed E-state index contributed by atoms with van der Waals surface area (Å²) in [6.07, 6.45) is 0. The molecule has 0 saturated heterocycles. The number of aromatic nitrogens is 3. The van der Waals surface area contributed by atoms with Crippen molar-refractivity contribution in [1.29, 1.82) is 0 Å². The molecule has 0 spiro atoms. The van der Waals surface area contributed by atoms with Crippen molar-refractivity contribution >= 4 is 15.9 Å². The third kappa shape index (κ3) is 1.87. The Morgan fingerprint density at radius 1 is 1.27 bits per heavy atom. The molecule has 0 N–H and O–H groups in total. The van der Waals surface area contributed by atoms with Crippen molar-refractivity contribution in [2.45, 2.75) is 5.33 Å². The van der Waals surface area contributed by atoms with Gasteiger partial charge in [-0.05, 0) is 12.1 Å². The Labute approximate surface area is 96.0 Å². The molecule has 0 aliphatic rings. The first-order valence-corrected chi connectivity index (χ1v) is 5.58.